The number of hydrogen-bond donors (Lipinski definition) is 1. The van der Waals surface area contributed by atoms with E-state index in [0.717, 1.165) is 61.3 Å². The van der Waals surface area contributed by atoms with Gasteiger partial charge in [0.05, 0.1) is 20.3 Å². The van der Waals surface area contributed by atoms with Crippen LogP contribution in [0.1, 0.15) is 74.7 Å². The number of piperidine rings is 1. The van der Waals surface area contributed by atoms with E-state index < -0.39 is 5.91 Å². The minimum absolute atomic E-state index is 0.0106. The van der Waals surface area contributed by atoms with Gasteiger partial charge in [0.15, 0.2) is 0 Å². The zero-order valence-corrected chi connectivity index (χ0v) is 28.1. The Morgan fingerprint density at radius 1 is 1.04 bits per heavy atom. The molecule has 2 aromatic carbocycles. The second kappa shape index (κ2) is 15.1. The molecule has 2 saturated heterocycles. The number of aromatic nitrogens is 1. The Hall–Kier alpha value is -3.95. The van der Waals surface area contributed by atoms with E-state index in [4.69, 9.17) is 15.2 Å². The molecule has 1 atom stereocenters. The lowest BCUT2D eigenvalue weighted by molar-refractivity contribution is 0.0302. The van der Waals surface area contributed by atoms with Gasteiger partial charge in [-0.1, -0.05) is 0 Å². The summed E-state index contributed by atoms with van der Waals surface area (Å²) < 4.78 is 10.9. The lowest BCUT2D eigenvalue weighted by atomic mass is 9.88. The quantitative estimate of drug-likeness (QED) is 0.317. The summed E-state index contributed by atoms with van der Waals surface area (Å²) in [4.78, 5) is 37.5. The summed E-state index contributed by atoms with van der Waals surface area (Å²) in [7, 11) is 1.70. The molecule has 3 heterocycles. The summed E-state index contributed by atoms with van der Waals surface area (Å²) in [5.74, 6) is 0.419. The van der Waals surface area contributed by atoms with Gasteiger partial charge >= 0.3 is 0 Å². The Morgan fingerprint density at radius 2 is 1.74 bits per heavy atom. The van der Waals surface area contributed by atoms with Crippen molar-refractivity contribution in [3.05, 3.63) is 87.7 Å². The van der Waals surface area contributed by atoms with Gasteiger partial charge in [0.2, 0.25) is 5.91 Å². The van der Waals surface area contributed by atoms with E-state index in [1.54, 1.807) is 7.11 Å². The van der Waals surface area contributed by atoms with Gasteiger partial charge in [-0.2, -0.15) is 0 Å². The molecule has 2 aliphatic heterocycles. The third kappa shape index (κ3) is 7.53. The summed E-state index contributed by atoms with van der Waals surface area (Å²) in [5, 5.41) is 0. The molecule has 2 amide bonds. The molecule has 2 N–H and O–H groups in total. The first-order valence-electron chi connectivity index (χ1n) is 16.5. The second-order valence-electron chi connectivity index (χ2n) is 12.8. The molecule has 3 aromatic rings. The van der Waals surface area contributed by atoms with Crippen molar-refractivity contribution in [3.63, 3.8) is 0 Å². The Kier molecular flexibility index (Phi) is 11.0. The lowest BCUT2D eigenvalue weighted by Gasteiger charge is -2.42. The van der Waals surface area contributed by atoms with Crippen LogP contribution in [-0.4, -0.2) is 85.2 Å². The van der Waals surface area contributed by atoms with E-state index in [9.17, 15) is 9.59 Å². The smallest absolute Gasteiger partial charge is 0.254 e. The fourth-order valence-electron chi connectivity index (χ4n) is 7.08. The number of anilines is 1. The van der Waals surface area contributed by atoms with Gasteiger partial charge in [0.25, 0.3) is 5.91 Å². The molecule has 46 heavy (non-hydrogen) atoms. The van der Waals surface area contributed by atoms with Crippen molar-refractivity contribution in [1.82, 2.24) is 14.8 Å². The van der Waals surface area contributed by atoms with E-state index in [-0.39, 0.29) is 5.91 Å². The highest BCUT2D eigenvalue weighted by molar-refractivity contribution is 6.01. The van der Waals surface area contributed by atoms with Crippen LogP contribution < -0.4 is 15.4 Å². The minimum atomic E-state index is -0.445. The van der Waals surface area contributed by atoms with Crippen LogP contribution in [0.4, 0.5) is 5.69 Å². The number of rotatable bonds is 11. The number of nitrogens with two attached hydrogens (primary N) is 1. The Labute approximate surface area is 273 Å². The van der Waals surface area contributed by atoms with Crippen molar-refractivity contribution in [1.29, 1.82) is 0 Å². The minimum Gasteiger partial charge on any atom is -0.497 e. The Balaban J connectivity index is 1.29. The fraction of sp³-hybridized carbons (Fsp3) is 0.486. The Bertz CT molecular complexity index is 1510. The van der Waals surface area contributed by atoms with Crippen LogP contribution >= 0.6 is 0 Å². The maximum Gasteiger partial charge on any atom is 0.254 e. The zero-order chi connectivity index (χ0) is 32.8. The van der Waals surface area contributed by atoms with Crippen LogP contribution in [0.3, 0.4) is 0 Å². The van der Waals surface area contributed by atoms with Crippen LogP contribution in [0.2, 0.25) is 0 Å². The standard InChI is InChI=1S/C37H49N5O4/c1-25-12-15-39-23-29(25)24-42(30-7-9-32(45-5)10-8-30)31-13-16-40(17-14-31)27(3)6-11-33-28(4)35(36(38)43)26(2)22-34(33)37(44)41-18-20-46-21-19-41/h7-10,12,15,22-23,27,31H,6,11,13-14,16-21,24H2,1-5H3,(H2,38,43)/t27-/m1/s1. The van der Waals surface area contributed by atoms with E-state index in [1.807, 2.05) is 49.3 Å². The molecule has 0 aliphatic carbocycles. The maximum absolute atomic E-state index is 13.7. The van der Waals surface area contributed by atoms with Gasteiger partial charge in [0.1, 0.15) is 5.75 Å². The zero-order valence-electron chi connectivity index (χ0n) is 28.1. The predicted molar refractivity (Wildman–Crippen MR) is 182 cm³/mol. The van der Waals surface area contributed by atoms with Crippen LogP contribution in [0.15, 0.2) is 48.8 Å². The van der Waals surface area contributed by atoms with Crippen LogP contribution in [0.25, 0.3) is 0 Å². The third-order valence-corrected chi connectivity index (χ3v) is 9.95. The molecule has 5 rings (SSSR count). The lowest BCUT2D eigenvalue weighted by Crippen LogP contribution is -2.47. The molecule has 0 bridgehead atoms. The van der Waals surface area contributed by atoms with E-state index in [1.165, 1.54) is 16.8 Å². The number of aryl methyl sites for hydroxylation is 2. The summed E-state index contributed by atoms with van der Waals surface area (Å²) in [6, 6.07) is 13.0. The van der Waals surface area contributed by atoms with Crippen LogP contribution in [0.5, 0.6) is 5.75 Å². The molecule has 1 aromatic heterocycles. The van der Waals surface area contributed by atoms with E-state index in [2.05, 4.69) is 46.8 Å². The van der Waals surface area contributed by atoms with Crippen molar-refractivity contribution in [2.45, 2.75) is 72.0 Å². The summed E-state index contributed by atoms with van der Waals surface area (Å²) in [6.45, 7) is 13.3. The maximum atomic E-state index is 13.7. The first kappa shape index (κ1) is 33.4. The normalized spacial score (nSPS) is 16.7. The number of carbonyl (C=O) groups excluding carboxylic acids is 2. The van der Waals surface area contributed by atoms with Crippen LogP contribution in [-0.2, 0) is 17.7 Å². The van der Waals surface area contributed by atoms with Gasteiger partial charge in [-0.25, -0.2) is 0 Å². The number of carbonyl (C=O) groups is 2. The third-order valence-electron chi connectivity index (χ3n) is 9.95. The summed E-state index contributed by atoms with van der Waals surface area (Å²) in [5.41, 5.74) is 13.2. The molecule has 0 spiro atoms. The van der Waals surface area contributed by atoms with Crippen LogP contribution in [0, 0.1) is 20.8 Å². The highest BCUT2D eigenvalue weighted by atomic mass is 16.5. The van der Waals surface area contributed by atoms with Crippen molar-refractivity contribution < 1.29 is 19.1 Å². The SMILES string of the molecule is COc1ccc(N(Cc2cnccc2C)C2CCN([C@H](C)CCc3c(C(=O)N4CCOCC4)cc(C)c(C(N)=O)c3C)CC2)cc1. The molecule has 0 radical (unpaired) electrons. The van der Waals surface area contributed by atoms with Crippen molar-refractivity contribution in [2.24, 2.45) is 5.73 Å². The van der Waals surface area contributed by atoms with Crippen molar-refractivity contribution in [3.8, 4) is 5.75 Å². The molecule has 246 valence electrons. The highest BCUT2D eigenvalue weighted by Gasteiger charge is 2.29. The first-order chi connectivity index (χ1) is 22.2. The average molecular weight is 628 g/mol. The summed E-state index contributed by atoms with van der Waals surface area (Å²) in [6.07, 6.45) is 7.52. The number of likely N-dealkylation sites (tertiary alicyclic amines) is 1. The number of ether oxygens (including phenoxy) is 2. The van der Waals surface area contributed by atoms with Gasteiger partial charge in [-0.3, -0.25) is 14.6 Å². The number of benzene rings is 2. The van der Waals surface area contributed by atoms with Crippen molar-refractivity contribution >= 4 is 17.5 Å². The van der Waals surface area contributed by atoms with Gasteiger partial charge in [-0.05, 0) is 118 Å². The average Bonchev–Trinajstić information content (AvgIpc) is 3.07. The largest absolute Gasteiger partial charge is 0.497 e. The molecular weight excluding hydrogens is 578 g/mol. The fourth-order valence-corrected chi connectivity index (χ4v) is 7.08. The van der Waals surface area contributed by atoms with Gasteiger partial charge in [0, 0.05) is 74.0 Å². The molecule has 2 aliphatic rings. The van der Waals surface area contributed by atoms with Gasteiger partial charge < -0.3 is 29.9 Å². The number of pyridine rings is 1. The highest BCUT2D eigenvalue weighted by Crippen LogP contribution is 2.30. The number of nitrogens with zero attached hydrogens (tertiary/aromatic N) is 4. The van der Waals surface area contributed by atoms with Gasteiger partial charge in [-0.15, -0.1) is 0 Å². The Morgan fingerprint density at radius 3 is 2.37 bits per heavy atom. The van der Waals surface area contributed by atoms with Crippen molar-refractivity contribution in [2.75, 3.05) is 51.4 Å². The predicted octanol–water partition coefficient (Wildman–Crippen LogP) is 5.08. The number of primary amides is 1. The number of morpholine rings is 1. The number of hydrogen-bond acceptors (Lipinski definition) is 7. The molecule has 0 unspecified atom stereocenters. The molecular formula is C37H49N5O4. The molecule has 0 saturated carbocycles. The van der Waals surface area contributed by atoms with E-state index in [0.29, 0.717) is 55.9 Å². The number of amides is 2. The molecule has 9 heteroatoms. The first-order valence-corrected chi connectivity index (χ1v) is 16.5. The summed E-state index contributed by atoms with van der Waals surface area (Å²) >= 11 is 0. The number of methoxy groups -OCH3 is 1. The molecule has 2 fully saturated rings. The van der Waals surface area contributed by atoms with E-state index >= 15 is 0 Å². The monoisotopic (exact) mass is 627 g/mol. The topological polar surface area (TPSA) is 101 Å². The second-order valence-corrected chi connectivity index (χ2v) is 12.8. The molecule has 9 nitrogen and oxygen atoms in total.